The first-order valence-corrected chi connectivity index (χ1v) is 11.9. The van der Waals surface area contributed by atoms with Crippen molar-refractivity contribution in [1.29, 1.82) is 0 Å². The molecule has 2 aromatic carbocycles. The standard InChI is InChI=1S/C26H31F2N3O2/c27-19-13-21(25(22(28)14-19)33-17-18-5-2-1-3-6-18)20-15-23(20)29-16-24(32)31-11-8-26(9-12-31)7-4-10-30-26/h1-3,5-6,13-14,20,23,29-30H,4,7-12,15-17H2. The predicted molar refractivity (Wildman–Crippen MR) is 122 cm³/mol. The van der Waals surface area contributed by atoms with Crippen molar-refractivity contribution in [2.24, 2.45) is 0 Å². The quantitative estimate of drug-likeness (QED) is 0.668. The van der Waals surface area contributed by atoms with Crippen LogP contribution in [0.1, 0.15) is 49.1 Å². The van der Waals surface area contributed by atoms with Gasteiger partial charge in [-0.3, -0.25) is 4.79 Å². The van der Waals surface area contributed by atoms with Crippen molar-refractivity contribution in [2.45, 2.75) is 56.2 Å². The summed E-state index contributed by atoms with van der Waals surface area (Å²) in [5.41, 5.74) is 1.68. The molecule has 176 valence electrons. The van der Waals surface area contributed by atoms with Crippen LogP contribution >= 0.6 is 0 Å². The van der Waals surface area contributed by atoms with Gasteiger partial charge in [0.25, 0.3) is 0 Å². The molecule has 1 spiro atoms. The number of halogens is 2. The summed E-state index contributed by atoms with van der Waals surface area (Å²) in [6.07, 6.45) is 5.17. The summed E-state index contributed by atoms with van der Waals surface area (Å²) >= 11 is 0. The highest BCUT2D eigenvalue weighted by Crippen LogP contribution is 2.46. The minimum atomic E-state index is -0.689. The van der Waals surface area contributed by atoms with Gasteiger partial charge in [-0.25, -0.2) is 8.78 Å². The minimum Gasteiger partial charge on any atom is -0.486 e. The maximum Gasteiger partial charge on any atom is 0.236 e. The molecule has 0 radical (unpaired) electrons. The zero-order valence-corrected chi connectivity index (χ0v) is 18.8. The van der Waals surface area contributed by atoms with E-state index < -0.39 is 11.6 Å². The summed E-state index contributed by atoms with van der Waals surface area (Å²) < 4.78 is 34.3. The molecule has 2 heterocycles. The van der Waals surface area contributed by atoms with E-state index in [2.05, 4.69) is 10.6 Å². The van der Waals surface area contributed by atoms with Gasteiger partial charge in [0.15, 0.2) is 11.6 Å². The maximum atomic E-state index is 14.6. The molecular formula is C26H31F2N3O2. The van der Waals surface area contributed by atoms with E-state index in [4.69, 9.17) is 4.74 Å². The molecule has 2 saturated heterocycles. The van der Waals surface area contributed by atoms with E-state index in [1.807, 2.05) is 35.2 Å². The van der Waals surface area contributed by atoms with Crippen molar-refractivity contribution in [3.05, 3.63) is 65.2 Å². The number of rotatable bonds is 7. The Morgan fingerprint density at radius 3 is 2.67 bits per heavy atom. The zero-order valence-electron chi connectivity index (χ0n) is 18.8. The van der Waals surface area contributed by atoms with E-state index in [1.54, 1.807) is 0 Å². The van der Waals surface area contributed by atoms with E-state index in [9.17, 15) is 13.6 Å². The van der Waals surface area contributed by atoms with Gasteiger partial charge in [0, 0.05) is 42.2 Å². The van der Waals surface area contributed by atoms with Crippen molar-refractivity contribution < 1.29 is 18.3 Å². The van der Waals surface area contributed by atoms with Crippen molar-refractivity contribution in [1.82, 2.24) is 15.5 Å². The smallest absolute Gasteiger partial charge is 0.236 e. The molecule has 2 aromatic rings. The predicted octanol–water partition coefficient (Wildman–Crippen LogP) is 3.73. The number of hydrogen-bond acceptors (Lipinski definition) is 4. The molecule has 2 unspecified atom stereocenters. The molecule has 2 N–H and O–H groups in total. The number of likely N-dealkylation sites (tertiary alicyclic amines) is 1. The zero-order chi connectivity index (χ0) is 22.8. The molecule has 1 amide bonds. The van der Waals surface area contributed by atoms with Gasteiger partial charge in [-0.1, -0.05) is 30.3 Å². The average molecular weight is 456 g/mol. The Kier molecular flexibility index (Phi) is 6.34. The summed E-state index contributed by atoms with van der Waals surface area (Å²) in [7, 11) is 0. The summed E-state index contributed by atoms with van der Waals surface area (Å²) in [6, 6.07) is 11.7. The Balaban J connectivity index is 1.16. The van der Waals surface area contributed by atoms with Crippen LogP contribution in [0, 0.1) is 11.6 Å². The van der Waals surface area contributed by atoms with Crippen LogP contribution in [0.25, 0.3) is 0 Å². The fourth-order valence-electron chi connectivity index (χ4n) is 5.31. The van der Waals surface area contributed by atoms with Crippen molar-refractivity contribution >= 4 is 5.91 Å². The van der Waals surface area contributed by atoms with Crippen molar-refractivity contribution in [3.63, 3.8) is 0 Å². The van der Waals surface area contributed by atoms with E-state index in [0.717, 1.165) is 50.5 Å². The maximum absolute atomic E-state index is 14.6. The first kappa shape index (κ1) is 22.3. The second-order valence-corrected chi connectivity index (χ2v) is 9.60. The summed E-state index contributed by atoms with van der Waals surface area (Å²) in [5, 5.41) is 6.92. The van der Waals surface area contributed by atoms with Gasteiger partial charge >= 0.3 is 0 Å². The van der Waals surface area contributed by atoms with Crippen LogP contribution < -0.4 is 15.4 Å². The molecule has 0 aromatic heterocycles. The van der Waals surface area contributed by atoms with E-state index in [0.29, 0.717) is 5.56 Å². The van der Waals surface area contributed by atoms with Gasteiger partial charge in [0.2, 0.25) is 5.91 Å². The molecule has 3 fully saturated rings. The lowest BCUT2D eigenvalue weighted by atomic mass is 9.86. The Hall–Kier alpha value is -2.51. The first-order chi connectivity index (χ1) is 16.0. The number of carbonyl (C=O) groups excluding carboxylic acids is 1. The molecule has 7 heteroatoms. The third kappa shape index (κ3) is 5.04. The number of nitrogens with one attached hydrogen (secondary N) is 2. The molecule has 2 atom stereocenters. The monoisotopic (exact) mass is 455 g/mol. The van der Waals surface area contributed by atoms with Gasteiger partial charge in [-0.15, -0.1) is 0 Å². The molecule has 0 bridgehead atoms. The lowest BCUT2D eigenvalue weighted by molar-refractivity contribution is -0.131. The van der Waals surface area contributed by atoms with E-state index >= 15 is 0 Å². The molecule has 5 rings (SSSR count). The third-order valence-corrected chi connectivity index (χ3v) is 7.37. The van der Waals surface area contributed by atoms with Gasteiger partial charge in [0.05, 0.1) is 6.54 Å². The van der Waals surface area contributed by atoms with Gasteiger partial charge in [-0.05, 0) is 50.3 Å². The number of hydrogen-bond donors (Lipinski definition) is 2. The fraction of sp³-hybridized carbons (Fsp3) is 0.500. The van der Waals surface area contributed by atoms with Crippen LogP contribution in [0.5, 0.6) is 5.75 Å². The highest BCUT2D eigenvalue weighted by molar-refractivity contribution is 5.78. The Morgan fingerprint density at radius 1 is 1.15 bits per heavy atom. The van der Waals surface area contributed by atoms with Crippen LogP contribution in [0.15, 0.2) is 42.5 Å². The van der Waals surface area contributed by atoms with Gasteiger partial charge < -0.3 is 20.3 Å². The topological polar surface area (TPSA) is 53.6 Å². The number of piperidine rings is 1. The van der Waals surface area contributed by atoms with Crippen LogP contribution in [0.2, 0.25) is 0 Å². The minimum absolute atomic E-state index is 0.0156. The van der Waals surface area contributed by atoms with Crippen molar-refractivity contribution in [2.75, 3.05) is 26.2 Å². The van der Waals surface area contributed by atoms with E-state index in [-0.39, 0.29) is 42.3 Å². The highest BCUT2D eigenvalue weighted by Gasteiger charge is 2.42. The molecule has 33 heavy (non-hydrogen) atoms. The number of benzene rings is 2. The highest BCUT2D eigenvalue weighted by atomic mass is 19.1. The SMILES string of the molecule is O=C(CNC1CC1c1cc(F)cc(F)c1OCc1ccccc1)N1CCC2(CCCN2)CC1. The first-order valence-electron chi connectivity index (χ1n) is 11.9. The van der Waals surface area contributed by atoms with Gasteiger partial charge in [0.1, 0.15) is 12.4 Å². The van der Waals surface area contributed by atoms with Crippen LogP contribution in [0.3, 0.4) is 0 Å². The third-order valence-electron chi connectivity index (χ3n) is 7.37. The van der Waals surface area contributed by atoms with Crippen LogP contribution in [-0.4, -0.2) is 48.6 Å². The Bertz CT molecular complexity index is 985. The molecule has 3 aliphatic rings. The normalized spacial score (nSPS) is 23.6. The molecule has 1 saturated carbocycles. The molecule has 1 aliphatic carbocycles. The van der Waals surface area contributed by atoms with Gasteiger partial charge in [-0.2, -0.15) is 0 Å². The Morgan fingerprint density at radius 2 is 1.94 bits per heavy atom. The fourth-order valence-corrected chi connectivity index (χ4v) is 5.31. The lowest BCUT2D eigenvalue weighted by Crippen LogP contribution is -2.52. The van der Waals surface area contributed by atoms with Crippen molar-refractivity contribution in [3.8, 4) is 5.75 Å². The summed E-state index contributed by atoms with van der Waals surface area (Å²) in [4.78, 5) is 14.6. The molecule has 2 aliphatic heterocycles. The largest absolute Gasteiger partial charge is 0.486 e. The number of nitrogens with zero attached hydrogens (tertiary/aromatic N) is 1. The number of ether oxygens (including phenoxy) is 1. The summed E-state index contributed by atoms with van der Waals surface area (Å²) in [5.74, 6) is -1.17. The number of amides is 1. The van der Waals surface area contributed by atoms with E-state index in [1.165, 1.54) is 18.9 Å². The lowest BCUT2D eigenvalue weighted by Gasteiger charge is -2.39. The molecule has 5 nitrogen and oxygen atoms in total. The van der Waals surface area contributed by atoms with Crippen LogP contribution in [0.4, 0.5) is 8.78 Å². The second kappa shape index (κ2) is 9.39. The Labute approximate surface area is 193 Å². The average Bonchev–Trinajstić information content (AvgIpc) is 3.47. The number of carbonyl (C=O) groups is 1. The summed E-state index contributed by atoms with van der Waals surface area (Å²) in [6.45, 7) is 3.11. The molecular weight excluding hydrogens is 424 g/mol. The van der Waals surface area contributed by atoms with Crippen LogP contribution in [-0.2, 0) is 11.4 Å². The second-order valence-electron chi connectivity index (χ2n) is 9.60.